The molecule has 140 valence electrons. The van der Waals surface area contributed by atoms with Crippen LogP contribution in [-0.4, -0.2) is 23.2 Å². The summed E-state index contributed by atoms with van der Waals surface area (Å²) in [4.78, 5) is 7.86. The second kappa shape index (κ2) is 7.49. The predicted molar refractivity (Wildman–Crippen MR) is 110 cm³/mol. The number of aromatic nitrogens is 2. The number of ether oxygens (including phenoxy) is 2. The minimum Gasteiger partial charge on any atom is -0.490 e. The standard InChI is InChI=1S/C22H20N4O2/c1-3-27-20-10-15-9-16(13-23)22(26-19(15)12-21(20)28-4-2)25-17-6-5-14-7-8-24-18(14)11-17/h5-12,24H,3-4H2,1-2H3,(H,25,26). The van der Waals surface area contributed by atoms with Gasteiger partial charge in [0.05, 0.1) is 24.3 Å². The van der Waals surface area contributed by atoms with Gasteiger partial charge >= 0.3 is 0 Å². The molecule has 4 rings (SSSR count). The van der Waals surface area contributed by atoms with Crippen LogP contribution in [0.4, 0.5) is 11.5 Å². The van der Waals surface area contributed by atoms with Gasteiger partial charge in [-0.05, 0) is 49.6 Å². The number of rotatable bonds is 6. The molecule has 0 aliphatic heterocycles. The van der Waals surface area contributed by atoms with Crippen molar-refractivity contribution < 1.29 is 9.47 Å². The number of fused-ring (bicyclic) bond motifs is 2. The van der Waals surface area contributed by atoms with Gasteiger partial charge < -0.3 is 19.8 Å². The third-order valence-electron chi connectivity index (χ3n) is 4.42. The molecule has 2 aromatic heterocycles. The van der Waals surface area contributed by atoms with E-state index in [1.54, 1.807) is 0 Å². The maximum atomic E-state index is 9.61. The van der Waals surface area contributed by atoms with Gasteiger partial charge in [0.2, 0.25) is 0 Å². The van der Waals surface area contributed by atoms with Gasteiger partial charge in [-0.25, -0.2) is 4.98 Å². The van der Waals surface area contributed by atoms with Gasteiger partial charge in [0.1, 0.15) is 11.9 Å². The molecule has 6 nitrogen and oxygen atoms in total. The smallest absolute Gasteiger partial charge is 0.163 e. The van der Waals surface area contributed by atoms with Gasteiger partial charge in [-0.2, -0.15) is 5.26 Å². The fourth-order valence-corrected chi connectivity index (χ4v) is 3.16. The Hall–Kier alpha value is -3.72. The summed E-state index contributed by atoms with van der Waals surface area (Å²) in [7, 11) is 0. The van der Waals surface area contributed by atoms with Gasteiger partial charge in [-0.15, -0.1) is 0 Å². The molecule has 4 aromatic rings. The number of hydrogen-bond acceptors (Lipinski definition) is 5. The van der Waals surface area contributed by atoms with Gasteiger partial charge in [0, 0.05) is 28.9 Å². The first-order valence-electron chi connectivity index (χ1n) is 9.20. The van der Waals surface area contributed by atoms with Gasteiger partial charge in [-0.3, -0.25) is 0 Å². The number of anilines is 2. The number of hydrogen-bond donors (Lipinski definition) is 2. The Balaban J connectivity index is 1.78. The molecular formula is C22H20N4O2. The topological polar surface area (TPSA) is 83.0 Å². The molecule has 0 saturated heterocycles. The first kappa shape index (κ1) is 17.7. The Morgan fingerprint density at radius 3 is 2.54 bits per heavy atom. The Labute approximate surface area is 162 Å². The minimum absolute atomic E-state index is 0.464. The molecule has 0 saturated carbocycles. The molecular weight excluding hydrogens is 352 g/mol. The fraction of sp³-hybridized carbons (Fsp3) is 0.182. The monoisotopic (exact) mass is 372 g/mol. The SMILES string of the molecule is CCOc1cc2cc(C#N)c(Nc3ccc4cc[nH]c4c3)nc2cc1OCC. The van der Waals surface area contributed by atoms with E-state index in [0.29, 0.717) is 36.1 Å². The van der Waals surface area contributed by atoms with Crippen molar-refractivity contribution in [1.29, 1.82) is 5.26 Å². The maximum absolute atomic E-state index is 9.61. The van der Waals surface area contributed by atoms with Crippen LogP contribution in [0.1, 0.15) is 19.4 Å². The lowest BCUT2D eigenvalue weighted by atomic mass is 10.1. The average molecular weight is 372 g/mol. The molecule has 28 heavy (non-hydrogen) atoms. The number of H-pyrrole nitrogens is 1. The van der Waals surface area contributed by atoms with Crippen LogP contribution in [0.15, 0.2) is 48.7 Å². The fourth-order valence-electron chi connectivity index (χ4n) is 3.16. The average Bonchev–Trinajstić information content (AvgIpc) is 3.16. The summed E-state index contributed by atoms with van der Waals surface area (Å²) >= 11 is 0. The van der Waals surface area contributed by atoms with Crippen molar-refractivity contribution in [3.05, 3.63) is 54.2 Å². The van der Waals surface area contributed by atoms with E-state index in [4.69, 9.17) is 9.47 Å². The molecule has 0 aliphatic carbocycles. The van der Waals surface area contributed by atoms with E-state index < -0.39 is 0 Å². The second-order valence-electron chi connectivity index (χ2n) is 6.26. The molecule has 0 bridgehead atoms. The van der Waals surface area contributed by atoms with Crippen LogP contribution in [0.5, 0.6) is 11.5 Å². The molecule has 0 unspecified atom stereocenters. The van der Waals surface area contributed by atoms with Crippen molar-refractivity contribution in [3.8, 4) is 17.6 Å². The van der Waals surface area contributed by atoms with E-state index in [-0.39, 0.29) is 0 Å². The number of pyridine rings is 1. The zero-order valence-corrected chi connectivity index (χ0v) is 15.7. The summed E-state index contributed by atoms with van der Waals surface area (Å²) in [6.07, 6.45) is 1.90. The van der Waals surface area contributed by atoms with E-state index in [9.17, 15) is 5.26 Å². The lowest BCUT2D eigenvalue weighted by Gasteiger charge is -2.14. The first-order chi connectivity index (χ1) is 13.7. The van der Waals surface area contributed by atoms with E-state index in [2.05, 4.69) is 21.4 Å². The third kappa shape index (κ3) is 3.30. The third-order valence-corrected chi connectivity index (χ3v) is 4.42. The number of aromatic amines is 1. The largest absolute Gasteiger partial charge is 0.490 e. The highest BCUT2D eigenvalue weighted by molar-refractivity contribution is 5.88. The molecule has 0 aliphatic rings. The summed E-state index contributed by atoms with van der Waals surface area (Å²) < 4.78 is 11.4. The highest BCUT2D eigenvalue weighted by Crippen LogP contribution is 2.34. The second-order valence-corrected chi connectivity index (χ2v) is 6.26. The van der Waals surface area contributed by atoms with Gasteiger partial charge in [-0.1, -0.05) is 6.07 Å². The summed E-state index contributed by atoms with van der Waals surface area (Å²) in [5.74, 6) is 1.81. The van der Waals surface area contributed by atoms with Crippen molar-refractivity contribution in [2.24, 2.45) is 0 Å². The molecule has 0 amide bonds. The Morgan fingerprint density at radius 2 is 1.79 bits per heavy atom. The number of nitriles is 1. The van der Waals surface area contributed by atoms with E-state index in [1.165, 1.54) is 0 Å². The van der Waals surface area contributed by atoms with Crippen molar-refractivity contribution in [3.63, 3.8) is 0 Å². The summed E-state index contributed by atoms with van der Waals surface area (Å²) in [5, 5.41) is 14.8. The summed E-state index contributed by atoms with van der Waals surface area (Å²) in [6.45, 7) is 4.91. The molecule has 0 fully saturated rings. The molecule has 2 heterocycles. The van der Waals surface area contributed by atoms with Crippen LogP contribution < -0.4 is 14.8 Å². The highest BCUT2D eigenvalue weighted by Gasteiger charge is 2.13. The Kier molecular flexibility index (Phi) is 4.73. The van der Waals surface area contributed by atoms with Crippen LogP contribution in [0, 0.1) is 11.3 Å². The molecule has 0 radical (unpaired) electrons. The van der Waals surface area contributed by atoms with Crippen LogP contribution in [0.25, 0.3) is 21.8 Å². The normalized spacial score (nSPS) is 10.8. The highest BCUT2D eigenvalue weighted by atomic mass is 16.5. The van der Waals surface area contributed by atoms with E-state index >= 15 is 0 Å². The molecule has 0 atom stereocenters. The van der Waals surface area contributed by atoms with E-state index in [0.717, 1.165) is 27.5 Å². The predicted octanol–water partition coefficient (Wildman–Crippen LogP) is 5.13. The molecule has 6 heteroatoms. The molecule has 0 spiro atoms. The molecule has 2 N–H and O–H groups in total. The van der Waals surface area contributed by atoms with Crippen LogP contribution >= 0.6 is 0 Å². The van der Waals surface area contributed by atoms with Gasteiger partial charge in [0.15, 0.2) is 11.5 Å². The van der Waals surface area contributed by atoms with Crippen molar-refractivity contribution in [2.45, 2.75) is 13.8 Å². The number of nitrogens with one attached hydrogen (secondary N) is 2. The molecule has 2 aromatic carbocycles. The van der Waals surface area contributed by atoms with Crippen molar-refractivity contribution >= 4 is 33.3 Å². The maximum Gasteiger partial charge on any atom is 0.163 e. The van der Waals surface area contributed by atoms with Crippen molar-refractivity contribution in [1.82, 2.24) is 9.97 Å². The first-order valence-corrected chi connectivity index (χ1v) is 9.20. The Morgan fingerprint density at radius 1 is 1.00 bits per heavy atom. The van der Waals surface area contributed by atoms with Crippen LogP contribution in [-0.2, 0) is 0 Å². The van der Waals surface area contributed by atoms with Crippen LogP contribution in [0.3, 0.4) is 0 Å². The zero-order valence-electron chi connectivity index (χ0n) is 15.7. The lowest BCUT2D eigenvalue weighted by molar-refractivity contribution is 0.288. The lowest BCUT2D eigenvalue weighted by Crippen LogP contribution is -2.01. The quantitative estimate of drug-likeness (QED) is 0.490. The number of nitrogens with zero attached hydrogens (tertiary/aromatic N) is 2. The Bertz CT molecular complexity index is 1190. The van der Waals surface area contributed by atoms with E-state index in [1.807, 2.05) is 62.5 Å². The van der Waals surface area contributed by atoms with Crippen LogP contribution in [0.2, 0.25) is 0 Å². The zero-order chi connectivity index (χ0) is 19.5. The van der Waals surface area contributed by atoms with Gasteiger partial charge in [0.25, 0.3) is 0 Å². The summed E-state index contributed by atoms with van der Waals surface area (Å²) in [6, 6.07) is 15.7. The minimum atomic E-state index is 0.464. The number of benzene rings is 2. The summed E-state index contributed by atoms with van der Waals surface area (Å²) in [5.41, 5.74) is 3.07. The van der Waals surface area contributed by atoms with Crippen molar-refractivity contribution in [2.75, 3.05) is 18.5 Å².